The second kappa shape index (κ2) is 4.48. The van der Waals surface area contributed by atoms with Crippen molar-refractivity contribution >= 4 is 21.8 Å². The molecule has 1 aromatic carbocycles. The van der Waals surface area contributed by atoms with Crippen molar-refractivity contribution in [1.29, 1.82) is 0 Å². The average molecular weight is 331 g/mol. The van der Waals surface area contributed by atoms with Crippen molar-refractivity contribution in [3.8, 4) is 0 Å². The van der Waals surface area contributed by atoms with Gasteiger partial charge < -0.3 is 9.47 Å². The van der Waals surface area contributed by atoms with Crippen molar-refractivity contribution in [2.75, 3.05) is 0 Å². The summed E-state index contributed by atoms with van der Waals surface area (Å²) in [6.45, 7) is 1.45. The normalized spacial score (nSPS) is 17.4. The lowest BCUT2D eigenvalue weighted by atomic mass is 10.1. The molecule has 1 saturated carbocycles. The number of hydrogen-bond donors (Lipinski definition) is 0. The molecule has 1 amide bonds. The standard InChI is InChI=1S/C16H15BrN2O/c17-13-7-15(19(10-13)14-5-6-14)16(20)18-8-11-3-1-2-4-12(11)9-18/h1-4,7,10,14H,5-6,8-9H2. The first kappa shape index (κ1) is 12.2. The highest BCUT2D eigenvalue weighted by Gasteiger charge is 2.31. The Kier molecular flexibility index (Phi) is 2.74. The second-order valence-corrected chi connectivity index (χ2v) is 6.53. The first-order chi connectivity index (χ1) is 9.72. The molecule has 0 spiro atoms. The van der Waals surface area contributed by atoms with Crippen LogP contribution in [0.25, 0.3) is 0 Å². The lowest BCUT2D eigenvalue weighted by molar-refractivity contribution is 0.0740. The molecule has 0 unspecified atom stereocenters. The number of hydrogen-bond acceptors (Lipinski definition) is 1. The van der Waals surface area contributed by atoms with Gasteiger partial charge in [0, 0.05) is 29.8 Å². The average Bonchev–Trinajstić information content (AvgIpc) is 3.08. The number of carbonyl (C=O) groups excluding carboxylic acids is 1. The van der Waals surface area contributed by atoms with Crippen LogP contribution in [0, 0.1) is 0 Å². The van der Waals surface area contributed by atoms with Gasteiger partial charge in [-0.3, -0.25) is 4.79 Å². The molecule has 1 aliphatic carbocycles. The first-order valence-corrected chi connectivity index (χ1v) is 7.75. The fraction of sp³-hybridized carbons (Fsp3) is 0.312. The van der Waals surface area contributed by atoms with Gasteiger partial charge in [-0.1, -0.05) is 24.3 Å². The molecule has 1 aromatic heterocycles. The number of fused-ring (bicyclic) bond motifs is 1. The molecule has 1 fully saturated rings. The summed E-state index contributed by atoms with van der Waals surface area (Å²) in [7, 11) is 0. The molecular formula is C16H15BrN2O. The topological polar surface area (TPSA) is 25.2 Å². The predicted molar refractivity (Wildman–Crippen MR) is 80.4 cm³/mol. The van der Waals surface area contributed by atoms with E-state index in [0.29, 0.717) is 6.04 Å². The summed E-state index contributed by atoms with van der Waals surface area (Å²) in [6.07, 6.45) is 4.40. The summed E-state index contributed by atoms with van der Waals surface area (Å²) in [5.41, 5.74) is 3.35. The molecule has 2 aromatic rings. The Morgan fingerprint density at radius 3 is 2.40 bits per heavy atom. The van der Waals surface area contributed by atoms with E-state index in [1.54, 1.807) is 0 Å². The van der Waals surface area contributed by atoms with Gasteiger partial charge in [-0.2, -0.15) is 0 Å². The minimum atomic E-state index is 0.138. The van der Waals surface area contributed by atoms with Crippen LogP contribution < -0.4 is 0 Å². The van der Waals surface area contributed by atoms with E-state index in [2.05, 4.69) is 32.6 Å². The molecule has 4 rings (SSSR count). The predicted octanol–water partition coefficient (Wildman–Crippen LogP) is 3.74. The van der Waals surface area contributed by atoms with Gasteiger partial charge >= 0.3 is 0 Å². The largest absolute Gasteiger partial charge is 0.339 e. The van der Waals surface area contributed by atoms with Gasteiger partial charge in [0.15, 0.2) is 0 Å². The van der Waals surface area contributed by atoms with E-state index < -0.39 is 0 Å². The van der Waals surface area contributed by atoms with Gasteiger partial charge in [-0.05, 0) is 46.0 Å². The van der Waals surface area contributed by atoms with Crippen molar-refractivity contribution in [1.82, 2.24) is 9.47 Å². The molecule has 0 atom stereocenters. The lowest BCUT2D eigenvalue weighted by Crippen LogP contribution is -2.27. The summed E-state index contributed by atoms with van der Waals surface area (Å²) in [5, 5.41) is 0. The molecule has 3 nitrogen and oxygen atoms in total. The number of amides is 1. The van der Waals surface area contributed by atoms with E-state index >= 15 is 0 Å². The van der Waals surface area contributed by atoms with Crippen molar-refractivity contribution in [2.24, 2.45) is 0 Å². The molecule has 2 aliphatic rings. The second-order valence-electron chi connectivity index (χ2n) is 5.61. The summed E-state index contributed by atoms with van der Waals surface area (Å²) in [4.78, 5) is 14.7. The Bertz CT molecular complexity index is 663. The third kappa shape index (κ3) is 1.99. The van der Waals surface area contributed by atoms with E-state index in [9.17, 15) is 4.79 Å². The molecule has 0 bridgehead atoms. The van der Waals surface area contributed by atoms with E-state index in [4.69, 9.17) is 0 Å². The fourth-order valence-electron chi connectivity index (χ4n) is 2.91. The van der Waals surface area contributed by atoms with Crippen LogP contribution in [-0.2, 0) is 13.1 Å². The minimum absolute atomic E-state index is 0.138. The summed E-state index contributed by atoms with van der Waals surface area (Å²) < 4.78 is 3.12. The molecule has 0 radical (unpaired) electrons. The zero-order chi connectivity index (χ0) is 13.7. The monoisotopic (exact) mass is 330 g/mol. The summed E-state index contributed by atoms with van der Waals surface area (Å²) in [5.74, 6) is 0.138. The summed E-state index contributed by atoms with van der Waals surface area (Å²) in [6, 6.07) is 10.8. The Labute approximate surface area is 126 Å². The number of rotatable bonds is 2. The Hall–Kier alpha value is -1.55. The number of benzene rings is 1. The molecule has 0 saturated heterocycles. The van der Waals surface area contributed by atoms with E-state index in [-0.39, 0.29) is 5.91 Å². The van der Waals surface area contributed by atoms with Crippen LogP contribution >= 0.6 is 15.9 Å². The van der Waals surface area contributed by atoms with Crippen LogP contribution in [0.1, 0.15) is 40.5 Å². The highest BCUT2D eigenvalue weighted by Crippen LogP contribution is 2.38. The van der Waals surface area contributed by atoms with Crippen LogP contribution in [0.3, 0.4) is 0 Å². The Balaban J connectivity index is 1.63. The smallest absolute Gasteiger partial charge is 0.271 e. The Morgan fingerprint density at radius 2 is 1.80 bits per heavy atom. The number of halogens is 1. The van der Waals surface area contributed by atoms with Gasteiger partial charge in [0.1, 0.15) is 5.69 Å². The SMILES string of the molecule is O=C(c1cc(Br)cn1C1CC1)N1Cc2ccccc2C1. The first-order valence-electron chi connectivity index (χ1n) is 6.96. The third-order valence-corrected chi connectivity index (χ3v) is 4.54. The Morgan fingerprint density at radius 1 is 1.15 bits per heavy atom. The number of carbonyl (C=O) groups is 1. The molecule has 0 N–H and O–H groups in total. The molecular weight excluding hydrogens is 316 g/mol. The molecule has 20 heavy (non-hydrogen) atoms. The zero-order valence-corrected chi connectivity index (χ0v) is 12.6. The number of aromatic nitrogens is 1. The maximum atomic E-state index is 12.8. The van der Waals surface area contributed by atoms with Crippen LogP contribution in [0.2, 0.25) is 0 Å². The van der Waals surface area contributed by atoms with Crippen LogP contribution in [0.15, 0.2) is 41.0 Å². The zero-order valence-electron chi connectivity index (χ0n) is 11.1. The maximum Gasteiger partial charge on any atom is 0.271 e. The third-order valence-electron chi connectivity index (χ3n) is 4.10. The van der Waals surface area contributed by atoms with Crippen molar-refractivity contribution < 1.29 is 4.79 Å². The van der Waals surface area contributed by atoms with Gasteiger partial charge in [-0.25, -0.2) is 0 Å². The van der Waals surface area contributed by atoms with Gasteiger partial charge in [-0.15, -0.1) is 0 Å². The van der Waals surface area contributed by atoms with Gasteiger partial charge in [0.25, 0.3) is 5.91 Å². The van der Waals surface area contributed by atoms with Gasteiger partial charge in [0.2, 0.25) is 0 Å². The minimum Gasteiger partial charge on any atom is -0.339 e. The van der Waals surface area contributed by atoms with E-state index in [1.165, 1.54) is 24.0 Å². The quantitative estimate of drug-likeness (QED) is 0.823. The van der Waals surface area contributed by atoms with Crippen LogP contribution in [0.5, 0.6) is 0 Å². The van der Waals surface area contributed by atoms with Crippen LogP contribution in [0.4, 0.5) is 0 Å². The van der Waals surface area contributed by atoms with Crippen molar-refractivity contribution in [3.63, 3.8) is 0 Å². The number of nitrogens with zero attached hydrogens (tertiary/aromatic N) is 2. The molecule has 102 valence electrons. The fourth-order valence-corrected chi connectivity index (χ4v) is 3.35. The molecule has 4 heteroatoms. The van der Waals surface area contributed by atoms with E-state index in [0.717, 1.165) is 23.3 Å². The highest BCUT2D eigenvalue weighted by molar-refractivity contribution is 9.10. The maximum absolute atomic E-state index is 12.8. The lowest BCUT2D eigenvalue weighted by Gasteiger charge is -2.16. The molecule has 2 heterocycles. The summed E-state index contributed by atoms with van der Waals surface area (Å²) >= 11 is 3.49. The highest BCUT2D eigenvalue weighted by atomic mass is 79.9. The van der Waals surface area contributed by atoms with Gasteiger partial charge in [0.05, 0.1) is 0 Å². The van der Waals surface area contributed by atoms with Crippen molar-refractivity contribution in [2.45, 2.75) is 32.0 Å². The van der Waals surface area contributed by atoms with Crippen molar-refractivity contribution in [3.05, 3.63) is 57.8 Å². The van der Waals surface area contributed by atoms with E-state index in [1.807, 2.05) is 29.3 Å². The van der Waals surface area contributed by atoms with Crippen LogP contribution in [-0.4, -0.2) is 15.4 Å². The molecule has 1 aliphatic heterocycles.